The third-order valence-corrected chi connectivity index (χ3v) is 4.14. The highest BCUT2D eigenvalue weighted by atomic mass is 16.6. The zero-order valence-corrected chi connectivity index (χ0v) is 14.2. The second-order valence-corrected chi connectivity index (χ2v) is 5.90. The molecule has 3 rings (SSSR count). The van der Waals surface area contributed by atoms with Gasteiger partial charge in [0.05, 0.1) is 0 Å². The number of amides is 1. The number of esters is 1. The average molecular weight is 339 g/mol. The van der Waals surface area contributed by atoms with E-state index in [0.29, 0.717) is 17.9 Å². The second-order valence-electron chi connectivity index (χ2n) is 5.90. The molecule has 0 N–H and O–H groups in total. The molecule has 1 aliphatic rings. The molecule has 2 aromatic carbocycles. The Hall–Kier alpha value is -2.82. The first-order valence-electron chi connectivity index (χ1n) is 8.48. The summed E-state index contributed by atoms with van der Waals surface area (Å²) in [4.78, 5) is 25.4. The normalized spacial score (nSPS) is 13.8. The summed E-state index contributed by atoms with van der Waals surface area (Å²) in [6.07, 6.45) is 2.43. The number of aryl methyl sites for hydroxylation is 1. The van der Waals surface area contributed by atoms with Gasteiger partial charge in [-0.2, -0.15) is 0 Å². The van der Waals surface area contributed by atoms with E-state index >= 15 is 0 Å². The van der Waals surface area contributed by atoms with Gasteiger partial charge < -0.3 is 14.4 Å². The second kappa shape index (κ2) is 7.83. The summed E-state index contributed by atoms with van der Waals surface area (Å²) in [6, 6.07) is 14.6. The van der Waals surface area contributed by atoms with Crippen molar-refractivity contribution in [1.29, 1.82) is 0 Å². The van der Waals surface area contributed by atoms with E-state index in [0.717, 1.165) is 25.1 Å². The molecule has 2 aromatic rings. The molecule has 0 unspecified atom stereocenters. The van der Waals surface area contributed by atoms with Gasteiger partial charge in [-0.3, -0.25) is 4.79 Å². The van der Waals surface area contributed by atoms with Gasteiger partial charge in [0.25, 0.3) is 0 Å². The maximum Gasteiger partial charge on any atom is 0.349 e. The number of ether oxygens (including phenoxy) is 2. The monoisotopic (exact) mass is 339 g/mol. The summed E-state index contributed by atoms with van der Waals surface area (Å²) in [7, 11) is 0. The van der Waals surface area contributed by atoms with Crippen LogP contribution in [0.15, 0.2) is 48.5 Å². The highest BCUT2D eigenvalue weighted by molar-refractivity contribution is 5.95. The van der Waals surface area contributed by atoms with Crippen LogP contribution in [0.4, 0.5) is 5.69 Å². The van der Waals surface area contributed by atoms with Crippen molar-refractivity contribution in [1.82, 2.24) is 0 Å². The predicted molar refractivity (Wildman–Crippen MR) is 95.0 cm³/mol. The fourth-order valence-corrected chi connectivity index (χ4v) is 2.74. The van der Waals surface area contributed by atoms with Gasteiger partial charge in [-0.1, -0.05) is 19.1 Å². The van der Waals surface area contributed by atoms with Crippen LogP contribution in [0.25, 0.3) is 0 Å². The van der Waals surface area contributed by atoms with E-state index in [4.69, 9.17) is 9.47 Å². The van der Waals surface area contributed by atoms with E-state index < -0.39 is 5.97 Å². The van der Waals surface area contributed by atoms with E-state index in [1.165, 1.54) is 5.56 Å². The molecule has 1 heterocycles. The van der Waals surface area contributed by atoms with E-state index in [9.17, 15) is 9.59 Å². The quantitative estimate of drug-likeness (QED) is 0.598. The number of nitrogens with zero attached hydrogens (tertiary/aromatic N) is 1. The molecular weight excluding hydrogens is 318 g/mol. The van der Waals surface area contributed by atoms with Gasteiger partial charge >= 0.3 is 5.97 Å². The number of hydrogen-bond acceptors (Lipinski definition) is 4. The largest absolute Gasteiger partial charge is 0.482 e. The van der Waals surface area contributed by atoms with Crippen LogP contribution in [0.2, 0.25) is 0 Å². The predicted octanol–water partition coefficient (Wildman–Crippen LogP) is 3.36. The van der Waals surface area contributed by atoms with Crippen LogP contribution in [0.5, 0.6) is 11.5 Å². The van der Waals surface area contributed by atoms with Crippen LogP contribution in [0, 0.1) is 0 Å². The molecular formula is C20H21NO4. The van der Waals surface area contributed by atoms with E-state index in [2.05, 4.69) is 6.92 Å². The molecule has 1 fully saturated rings. The van der Waals surface area contributed by atoms with Crippen molar-refractivity contribution in [3.63, 3.8) is 0 Å². The molecule has 0 saturated carbocycles. The number of hydrogen-bond donors (Lipinski definition) is 0. The van der Waals surface area contributed by atoms with Crippen LogP contribution in [-0.4, -0.2) is 25.0 Å². The molecule has 0 spiro atoms. The molecule has 0 bridgehead atoms. The lowest BCUT2D eigenvalue weighted by Crippen LogP contribution is -2.23. The topological polar surface area (TPSA) is 55.8 Å². The summed E-state index contributed by atoms with van der Waals surface area (Å²) in [5.41, 5.74) is 2.04. The maximum atomic E-state index is 11.9. The van der Waals surface area contributed by atoms with Gasteiger partial charge in [0, 0.05) is 18.7 Å². The Labute approximate surface area is 147 Å². The third-order valence-electron chi connectivity index (χ3n) is 4.14. The van der Waals surface area contributed by atoms with Crippen molar-refractivity contribution in [2.75, 3.05) is 18.1 Å². The molecule has 130 valence electrons. The summed E-state index contributed by atoms with van der Waals surface area (Å²) >= 11 is 0. The Bertz CT molecular complexity index is 737. The van der Waals surface area contributed by atoms with E-state index in [-0.39, 0.29) is 12.5 Å². The number of benzene rings is 2. The van der Waals surface area contributed by atoms with Gasteiger partial charge in [0.2, 0.25) is 5.91 Å². The minimum Gasteiger partial charge on any atom is -0.482 e. The Kier molecular flexibility index (Phi) is 5.33. The molecule has 1 saturated heterocycles. The highest BCUT2D eigenvalue weighted by Gasteiger charge is 2.21. The lowest BCUT2D eigenvalue weighted by Gasteiger charge is -2.15. The number of carbonyl (C=O) groups excluding carboxylic acids is 2. The molecule has 5 nitrogen and oxygen atoms in total. The van der Waals surface area contributed by atoms with Crippen molar-refractivity contribution in [2.45, 2.75) is 26.2 Å². The van der Waals surface area contributed by atoms with Crippen molar-refractivity contribution < 1.29 is 19.1 Å². The number of rotatable bonds is 6. The van der Waals surface area contributed by atoms with Gasteiger partial charge in [0.15, 0.2) is 6.61 Å². The zero-order chi connectivity index (χ0) is 17.6. The van der Waals surface area contributed by atoms with Crippen molar-refractivity contribution in [3.8, 4) is 11.5 Å². The first-order valence-corrected chi connectivity index (χ1v) is 8.48. The molecule has 0 aromatic heterocycles. The minimum absolute atomic E-state index is 0.132. The summed E-state index contributed by atoms with van der Waals surface area (Å²) in [5, 5.41) is 0. The van der Waals surface area contributed by atoms with Gasteiger partial charge in [-0.15, -0.1) is 0 Å². The SMILES string of the molecule is CCc1ccc(OCC(=O)Oc2ccc(N3CCCC3=O)cc2)cc1. The van der Waals surface area contributed by atoms with Crippen LogP contribution in [-0.2, 0) is 16.0 Å². The van der Waals surface area contributed by atoms with Crippen LogP contribution >= 0.6 is 0 Å². The minimum atomic E-state index is -0.468. The smallest absolute Gasteiger partial charge is 0.349 e. The third kappa shape index (κ3) is 4.38. The highest BCUT2D eigenvalue weighted by Crippen LogP contribution is 2.24. The Morgan fingerprint density at radius 2 is 1.72 bits per heavy atom. The number of anilines is 1. The van der Waals surface area contributed by atoms with Gasteiger partial charge in [0.1, 0.15) is 11.5 Å². The summed E-state index contributed by atoms with van der Waals surface area (Å²) in [5.74, 6) is 0.735. The lowest BCUT2D eigenvalue weighted by molar-refractivity contribution is -0.136. The lowest BCUT2D eigenvalue weighted by atomic mass is 10.2. The molecule has 1 amide bonds. The summed E-state index contributed by atoms with van der Waals surface area (Å²) in [6.45, 7) is 2.67. The Balaban J connectivity index is 1.51. The van der Waals surface area contributed by atoms with Crippen molar-refractivity contribution in [3.05, 3.63) is 54.1 Å². The molecule has 5 heteroatoms. The zero-order valence-electron chi connectivity index (χ0n) is 14.2. The van der Waals surface area contributed by atoms with E-state index in [1.54, 1.807) is 29.2 Å². The van der Waals surface area contributed by atoms with Gasteiger partial charge in [-0.05, 0) is 54.8 Å². The molecule has 0 radical (unpaired) electrons. The van der Waals surface area contributed by atoms with Crippen molar-refractivity contribution in [2.24, 2.45) is 0 Å². The molecule has 0 aliphatic carbocycles. The van der Waals surface area contributed by atoms with Crippen molar-refractivity contribution >= 4 is 17.6 Å². The van der Waals surface area contributed by atoms with Crippen LogP contribution in [0.1, 0.15) is 25.3 Å². The fraction of sp³-hybridized carbons (Fsp3) is 0.300. The van der Waals surface area contributed by atoms with E-state index in [1.807, 2.05) is 24.3 Å². The first-order chi connectivity index (χ1) is 12.2. The average Bonchev–Trinajstić information content (AvgIpc) is 3.07. The molecule has 1 aliphatic heterocycles. The summed E-state index contributed by atoms with van der Waals surface area (Å²) < 4.78 is 10.7. The fourth-order valence-electron chi connectivity index (χ4n) is 2.74. The van der Waals surface area contributed by atoms with Crippen LogP contribution < -0.4 is 14.4 Å². The molecule has 0 atom stereocenters. The Morgan fingerprint density at radius 1 is 1.04 bits per heavy atom. The standard InChI is InChI=1S/C20H21NO4/c1-2-15-5-9-17(10-6-15)24-14-20(23)25-18-11-7-16(8-12-18)21-13-3-4-19(21)22/h5-12H,2-4,13-14H2,1H3. The van der Waals surface area contributed by atoms with Crippen LogP contribution in [0.3, 0.4) is 0 Å². The Morgan fingerprint density at radius 3 is 2.32 bits per heavy atom. The van der Waals surface area contributed by atoms with Gasteiger partial charge in [-0.25, -0.2) is 4.79 Å². The number of carbonyl (C=O) groups is 2. The first kappa shape index (κ1) is 17.0. The maximum absolute atomic E-state index is 11.9. The molecule has 25 heavy (non-hydrogen) atoms.